The van der Waals surface area contributed by atoms with Gasteiger partial charge in [-0.15, -0.1) is 0 Å². The highest BCUT2D eigenvalue weighted by Crippen LogP contribution is 2.33. The maximum Gasteiger partial charge on any atom is 0.122 e. The molecule has 106 valence electrons. The van der Waals surface area contributed by atoms with E-state index >= 15 is 0 Å². The molecule has 0 bridgehead atoms. The number of hydrogen-bond donors (Lipinski definition) is 0. The van der Waals surface area contributed by atoms with Crippen LogP contribution < -0.4 is 4.74 Å². The number of fused-ring (bicyclic) bond motifs is 1. The van der Waals surface area contributed by atoms with E-state index in [0.29, 0.717) is 12.5 Å². The van der Waals surface area contributed by atoms with Crippen molar-refractivity contribution in [2.24, 2.45) is 0 Å². The smallest absolute Gasteiger partial charge is 0.122 e. The molecule has 1 aromatic carbocycles. The maximum atomic E-state index is 8.74. The molecule has 3 rings (SSSR count). The lowest BCUT2D eigenvalue weighted by molar-refractivity contribution is 0.129. The van der Waals surface area contributed by atoms with Crippen molar-refractivity contribution in [1.82, 2.24) is 9.80 Å². The topological polar surface area (TPSA) is 39.5 Å². The number of nitrogens with zero attached hydrogens (tertiary/aromatic N) is 3. The number of rotatable bonds is 3. The van der Waals surface area contributed by atoms with Gasteiger partial charge in [-0.3, -0.25) is 4.90 Å². The Hall–Kier alpha value is -1.57. The van der Waals surface area contributed by atoms with Crippen LogP contribution in [0.1, 0.15) is 17.9 Å². The van der Waals surface area contributed by atoms with Crippen LogP contribution in [0, 0.1) is 11.3 Å². The fourth-order valence-electron chi connectivity index (χ4n) is 3.15. The normalized spacial score (nSPS) is 23.6. The second-order valence-electron chi connectivity index (χ2n) is 5.61. The first-order valence-electron chi connectivity index (χ1n) is 7.40. The SMILES string of the molecule is N#CCN1CCN(CC2CCOc3ccccc32)CC1. The van der Waals surface area contributed by atoms with Crippen molar-refractivity contribution in [2.75, 3.05) is 45.9 Å². The lowest BCUT2D eigenvalue weighted by atomic mass is 9.92. The molecule has 2 aliphatic heterocycles. The molecule has 1 fully saturated rings. The summed E-state index contributed by atoms with van der Waals surface area (Å²) < 4.78 is 5.73. The molecule has 4 nitrogen and oxygen atoms in total. The number of nitriles is 1. The molecule has 1 atom stereocenters. The van der Waals surface area contributed by atoms with E-state index in [1.54, 1.807) is 0 Å². The number of para-hydroxylation sites is 1. The zero-order valence-electron chi connectivity index (χ0n) is 11.8. The Bertz CT molecular complexity index is 489. The summed E-state index contributed by atoms with van der Waals surface area (Å²) in [4.78, 5) is 4.76. The quantitative estimate of drug-likeness (QED) is 0.784. The predicted octanol–water partition coefficient (Wildman–Crippen LogP) is 1.69. The number of benzene rings is 1. The standard InChI is InChI=1S/C16H21N3O/c17-6-7-18-8-10-19(11-9-18)13-14-5-12-20-16-4-2-1-3-15(14)16/h1-4,14H,5,7-13H2. The molecule has 2 aliphatic rings. The summed E-state index contributed by atoms with van der Waals surface area (Å²) in [5, 5.41) is 8.74. The summed E-state index contributed by atoms with van der Waals surface area (Å²) >= 11 is 0. The van der Waals surface area contributed by atoms with E-state index in [2.05, 4.69) is 34.1 Å². The van der Waals surface area contributed by atoms with E-state index in [1.165, 1.54) is 5.56 Å². The minimum absolute atomic E-state index is 0.563. The van der Waals surface area contributed by atoms with Crippen molar-refractivity contribution in [3.05, 3.63) is 29.8 Å². The van der Waals surface area contributed by atoms with Gasteiger partial charge in [0.2, 0.25) is 0 Å². The van der Waals surface area contributed by atoms with Gasteiger partial charge >= 0.3 is 0 Å². The first kappa shape index (κ1) is 13.4. The Kier molecular flexibility index (Phi) is 4.19. The second-order valence-corrected chi connectivity index (χ2v) is 5.61. The van der Waals surface area contributed by atoms with Crippen molar-refractivity contribution in [2.45, 2.75) is 12.3 Å². The lowest BCUT2D eigenvalue weighted by Gasteiger charge is -2.36. The van der Waals surface area contributed by atoms with Gasteiger partial charge in [-0.2, -0.15) is 5.26 Å². The molecule has 20 heavy (non-hydrogen) atoms. The van der Waals surface area contributed by atoms with Crippen LogP contribution in [0.2, 0.25) is 0 Å². The molecular weight excluding hydrogens is 250 g/mol. The van der Waals surface area contributed by atoms with Gasteiger partial charge in [0.15, 0.2) is 0 Å². The summed E-state index contributed by atoms with van der Waals surface area (Å²) in [6.45, 7) is 6.67. The highest BCUT2D eigenvalue weighted by atomic mass is 16.5. The van der Waals surface area contributed by atoms with E-state index in [4.69, 9.17) is 10.00 Å². The van der Waals surface area contributed by atoms with Crippen LogP contribution in [-0.2, 0) is 0 Å². The molecule has 0 saturated carbocycles. The van der Waals surface area contributed by atoms with Crippen LogP contribution in [0.5, 0.6) is 5.75 Å². The predicted molar refractivity (Wildman–Crippen MR) is 77.8 cm³/mol. The van der Waals surface area contributed by atoms with Gasteiger partial charge in [0.1, 0.15) is 5.75 Å². The van der Waals surface area contributed by atoms with Gasteiger partial charge < -0.3 is 9.64 Å². The Morgan fingerprint density at radius 1 is 1.15 bits per heavy atom. The van der Waals surface area contributed by atoms with E-state index in [9.17, 15) is 0 Å². The van der Waals surface area contributed by atoms with Crippen molar-refractivity contribution in [3.63, 3.8) is 0 Å². The molecule has 0 aliphatic carbocycles. The fraction of sp³-hybridized carbons (Fsp3) is 0.562. The van der Waals surface area contributed by atoms with Crippen molar-refractivity contribution in [3.8, 4) is 11.8 Å². The third-order valence-electron chi connectivity index (χ3n) is 4.32. The number of ether oxygens (including phenoxy) is 1. The van der Waals surface area contributed by atoms with Crippen LogP contribution >= 0.6 is 0 Å². The summed E-state index contributed by atoms with van der Waals surface area (Å²) in [5.74, 6) is 1.65. The van der Waals surface area contributed by atoms with Crippen LogP contribution in [-0.4, -0.2) is 55.7 Å². The van der Waals surface area contributed by atoms with Gasteiger partial charge in [0.05, 0.1) is 19.2 Å². The second kappa shape index (κ2) is 6.25. The first-order valence-corrected chi connectivity index (χ1v) is 7.40. The first-order chi connectivity index (χ1) is 9.86. The summed E-state index contributed by atoms with van der Waals surface area (Å²) in [6, 6.07) is 10.7. The molecule has 0 N–H and O–H groups in total. The zero-order chi connectivity index (χ0) is 13.8. The Labute approximate surface area is 120 Å². The molecule has 0 radical (unpaired) electrons. The van der Waals surface area contributed by atoms with Crippen LogP contribution in [0.15, 0.2) is 24.3 Å². The van der Waals surface area contributed by atoms with Gasteiger partial charge in [-0.05, 0) is 18.1 Å². The Balaban J connectivity index is 1.59. The van der Waals surface area contributed by atoms with Gasteiger partial charge in [0.25, 0.3) is 0 Å². The van der Waals surface area contributed by atoms with E-state index in [-0.39, 0.29) is 0 Å². The van der Waals surface area contributed by atoms with Crippen molar-refractivity contribution >= 4 is 0 Å². The largest absolute Gasteiger partial charge is 0.493 e. The molecule has 0 amide bonds. The average molecular weight is 271 g/mol. The van der Waals surface area contributed by atoms with Crippen LogP contribution in [0.4, 0.5) is 0 Å². The zero-order valence-corrected chi connectivity index (χ0v) is 11.8. The lowest BCUT2D eigenvalue weighted by Crippen LogP contribution is -2.47. The van der Waals surface area contributed by atoms with Gasteiger partial charge in [-0.25, -0.2) is 0 Å². The molecule has 2 heterocycles. The fourth-order valence-corrected chi connectivity index (χ4v) is 3.15. The molecule has 1 saturated heterocycles. The average Bonchev–Trinajstić information content (AvgIpc) is 2.50. The Morgan fingerprint density at radius 2 is 1.90 bits per heavy atom. The van der Waals surface area contributed by atoms with Gasteiger partial charge in [0, 0.05) is 38.6 Å². The molecular formula is C16H21N3O. The number of piperazine rings is 1. The van der Waals surface area contributed by atoms with E-state index in [0.717, 1.165) is 51.5 Å². The van der Waals surface area contributed by atoms with Gasteiger partial charge in [-0.1, -0.05) is 18.2 Å². The third-order valence-corrected chi connectivity index (χ3v) is 4.32. The number of hydrogen-bond acceptors (Lipinski definition) is 4. The minimum Gasteiger partial charge on any atom is -0.493 e. The molecule has 0 spiro atoms. The van der Waals surface area contributed by atoms with E-state index in [1.807, 2.05) is 6.07 Å². The Morgan fingerprint density at radius 3 is 2.70 bits per heavy atom. The molecule has 4 heteroatoms. The van der Waals surface area contributed by atoms with Crippen LogP contribution in [0.3, 0.4) is 0 Å². The molecule has 0 aromatic heterocycles. The van der Waals surface area contributed by atoms with Crippen molar-refractivity contribution < 1.29 is 4.74 Å². The molecule has 1 unspecified atom stereocenters. The summed E-state index contributed by atoms with van der Waals surface area (Å²) in [6.07, 6.45) is 1.11. The highest BCUT2D eigenvalue weighted by Gasteiger charge is 2.25. The third kappa shape index (κ3) is 2.95. The van der Waals surface area contributed by atoms with Crippen molar-refractivity contribution in [1.29, 1.82) is 5.26 Å². The maximum absolute atomic E-state index is 8.74. The van der Waals surface area contributed by atoms with Crippen LogP contribution in [0.25, 0.3) is 0 Å². The monoisotopic (exact) mass is 271 g/mol. The van der Waals surface area contributed by atoms with E-state index < -0.39 is 0 Å². The molecule has 1 aromatic rings. The minimum atomic E-state index is 0.563. The highest BCUT2D eigenvalue weighted by molar-refractivity contribution is 5.37. The summed E-state index contributed by atoms with van der Waals surface area (Å²) in [7, 11) is 0. The summed E-state index contributed by atoms with van der Waals surface area (Å²) in [5.41, 5.74) is 1.36.